The number of primary amides is 1. The van der Waals surface area contributed by atoms with Crippen LogP contribution < -0.4 is 5.73 Å². The highest BCUT2D eigenvalue weighted by atomic mass is 16.6. The highest BCUT2D eigenvalue weighted by Gasteiger charge is 2.28. The molecule has 0 spiro atoms. The van der Waals surface area contributed by atoms with Crippen LogP contribution in [0.15, 0.2) is 0 Å². The molecule has 0 bridgehead atoms. The third-order valence-corrected chi connectivity index (χ3v) is 2.39. The van der Waals surface area contributed by atoms with Gasteiger partial charge in [0.15, 0.2) is 0 Å². The van der Waals surface area contributed by atoms with Crippen LogP contribution in [-0.4, -0.2) is 28.1 Å². The van der Waals surface area contributed by atoms with Gasteiger partial charge >= 0.3 is 0 Å². The average Bonchev–Trinajstić information content (AvgIpc) is 2.12. The van der Waals surface area contributed by atoms with Crippen LogP contribution in [0.2, 0.25) is 0 Å². The van der Waals surface area contributed by atoms with Crippen LogP contribution in [0.25, 0.3) is 0 Å². The minimum atomic E-state index is -1.29. The highest BCUT2D eigenvalue weighted by Crippen LogP contribution is 2.17. The molecule has 6 heteroatoms. The maximum atomic E-state index is 10.5. The number of rotatable bonds is 6. The number of carbonyl (C=O) groups excluding carboxylic acids is 1. The standard InChI is InChI=1S/C8H16N2O4/c1-3-6(5(2)10(13)14)4-7(11)8(9)12/h5-7,11H,3-4H2,1-2H3,(H2,9,12). The molecule has 82 valence electrons. The molecule has 14 heavy (non-hydrogen) atoms. The van der Waals surface area contributed by atoms with Gasteiger partial charge in [0.05, 0.1) is 0 Å². The van der Waals surface area contributed by atoms with E-state index in [1.807, 2.05) is 0 Å². The van der Waals surface area contributed by atoms with Crippen molar-refractivity contribution >= 4 is 5.91 Å². The van der Waals surface area contributed by atoms with E-state index in [9.17, 15) is 14.9 Å². The van der Waals surface area contributed by atoms with Crippen LogP contribution in [-0.2, 0) is 4.79 Å². The van der Waals surface area contributed by atoms with E-state index in [4.69, 9.17) is 10.8 Å². The number of hydrogen-bond donors (Lipinski definition) is 2. The fraction of sp³-hybridized carbons (Fsp3) is 0.875. The topological polar surface area (TPSA) is 106 Å². The summed E-state index contributed by atoms with van der Waals surface area (Å²) in [6.07, 6.45) is -0.706. The van der Waals surface area contributed by atoms with Gasteiger partial charge in [0.1, 0.15) is 6.10 Å². The van der Waals surface area contributed by atoms with E-state index in [0.717, 1.165) is 0 Å². The van der Waals surface area contributed by atoms with E-state index >= 15 is 0 Å². The van der Waals surface area contributed by atoms with Crippen LogP contribution >= 0.6 is 0 Å². The molecule has 0 heterocycles. The maximum absolute atomic E-state index is 10.5. The molecule has 0 saturated heterocycles. The Morgan fingerprint density at radius 1 is 1.64 bits per heavy atom. The minimum Gasteiger partial charge on any atom is -0.383 e. The SMILES string of the molecule is CCC(CC(O)C(N)=O)C(C)[N+](=O)[O-]. The van der Waals surface area contributed by atoms with Crippen molar-refractivity contribution in [3.8, 4) is 0 Å². The number of carbonyl (C=O) groups is 1. The zero-order valence-corrected chi connectivity index (χ0v) is 8.34. The fourth-order valence-electron chi connectivity index (χ4n) is 1.28. The monoisotopic (exact) mass is 204 g/mol. The van der Waals surface area contributed by atoms with Crippen molar-refractivity contribution in [2.75, 3.05) is 0 Å². The Balaban J connectivity index is 4.28. The smallest absolute Gasteiger partial charge is 0.246 e. The van der Waals surface area contributed by atoms with E-state index in [-0.39, 0.29) is 12.3 Å². The van der Waals surface area contributed by atoms with Crippen molar-refractivity contribution in [2.45, 2.75) is 38.8 Å². The van der Waals surface area contributed by atoms with Gasteiger partial charge in [0.2, 0.25) is 11.9 Å². The molecular formula is C8H16N2O4. The molecule has 6 nitrogen and oxygen atoms in total. The highest BCUT2D eigenvalue weighted by molar-refractivity contribution is 5.78. The summed E-state index contributed by atoms with van der Waals surface area (Å²) in [4.78, 5) is 20.6. The van der Waals surface area contributed by atoms with Gasteiger partial charge in [-0.1, -0.05) is 6.92 Å². The first kappa shape index (κ1) is 12.8. The lowest BCUT2D eigenvalue weighted by atomic mass is 9.92. The number of amides is 1. The summed E-state index contributed by atoms with van der Waals surface area (Å²) < 4.78 is 0. The van der Waals surface area contributed by atoms with Gasteiger partial charge in [-0.2, -0.15) is 0 Å². The molecule has 0 saturated carbocycles. The summed E-state index contributed by atoms with van der Waals surface area (Å²) in [6.45, 7) is 3.24. The van der Waals surface area contributed by atoms with Gasteiger partial charge in [-0.25, -0.2) is 0 Å². The maximum Gasteiger partial charge on any atom is 0.246 e. The van der Waals surface area contributed by atoms with Crippen molar-refractivity contribution in [1.29, 1.82) is 0 Å². The van der Waals surface area contributed by atoms with E-state index < -0.39 is 23.0 Å². The lowest BCUT2D eigenvalue weighted by molar-refractivity contribution is -0.528. The lowest BCUT2D eigenvalue weighted by Crippen LogP contribution is -2.35. The van der Waals surface area contributed by atoms with Crippen LogP contribution in [0, 0.1) is 16.0 Å². The number of aliphatic hydroxyl groups excluding tert-OH is 1. The Labute approximate surface area is 82.2 Å². The summed E-state index contributed by atoms with van der Waals surface area (Å²) in [7, 11) is 0. The Morgan fingerprint density at radius 3 is 2.43 bits per heavy atom. The second-order valence-electron chi connectivity index (χ2n) is 3.35. The molecular weight excluding hydrogens is 188 g/mol. The number of nitrogens with two attached hydrogens (primary N) is 1. The van der Waals surface area contributed by atoms with E-state index in [2.05, 4.69) is 0 Å². The second kappa shape index (κ2) is 5.54. The number of hydrogen-bond acceptors (Lipinski definition) is 4. The zero-order valence-electron chi connectivity index (χ0n) is 8.34. The summed E-state index contributed by atoms with van der Waals surface area (Å²) in [6, 6.07) is -0.769. The average molecular weight is 204 g/mol. The molecule has 0 rings (SSSR count). The third-order valence-electron chi connectivity index (χ3n) is 2.39. The van der Waals surface area contributed by atoms with E-state index in [1.54, 1.807) is 6.92 Å². The zero-order chi connectivity index (χ0) is 11.3. The minimum absolute atomic E-state index is 0.0496. The van der Waals surface area contributed by atoms with Gasteiger partial charge in [-0.3, -0.25) is 14.9 Å². The van der Waals surface area contributed by atoms with Gasteiger partial charge in [-0.05, 0) is 12.8 Å². The third kappa shape index (κ3) is 3.69. The summed E-state index contributed by atoms with van der Waals surface area (Å²) in [5.41, 5.74) is 4.86. The van der Waals surface area contributed by atoms with E-state index in [1.165, 1.54) is 6.92 Å². The van der Waals surface area contributed by atoms with Crippen LogP contribution in [0.3, 0.4) is 0 Å². The van der Waals surface area contributed by atoms with Crippen LogP contribution in [0.1, 0.15) is 26.7 Å². The molecule has 0 aromatic carbocycles. The molecule has 0 aliphatic rings. The first-order valence-corrected chi connectivity index (χ1v) is 4.51. The van der Waals surface area contributed by atoms with Gasteiger partial charge < -0.3 is 10.8 Å². The normalized spacial score (nSPS) is 17.1. The number of aliphatic hydroxyl groups is 1. The Kier molecular flexibility index (Phi) is 5.07. The number of nitrogens with zero attached hydrogens (tertiary/aromatic N) is 1. The van der Waals surface area contributed by atoms with Gasteiger partial charge in [-0.15, -0.1) is 0 Å². The molecule has 0 aliphatic heterocycles. The fourth-order valence-corrected chi connectivity index (χ4v) is 1.28. The van der Waals surface area contributed by atoms with Gasteiger partial charge in [0.25, 0.3) is 0 Å². The second-order valence-corrected chi connectivity index (χ2v) is 3.35. The van der Waals surface area contributed by atoms with Crippen molar-refractivity contribution in [3.63, 3.8) is 0 Å². The first-order chi connectivity index (χ1) is 6.40. The summed E-state index contributed by atoms with van der Waals surface area (Å²) >= 11 is 0. The lowest BCUT2D eigenvalue weighted by Gasteiger charge is -2.17. The summed E-state index contributed by atoms with van der Waals surface area (Å²) in [5, 5.41) is 19.6. The van der Waals surface area contributed by atoms with Crippen LogP contribution in [0.4, 0.5) is 0 Å². The molecule has 0 aromatic rings. The molecule has 3 unspecified atom stereocenters. The quantitative estimate of drug-likeness (QED) is 0.466. The molecule has 0 radical (unpaired) electrons. The predicted octanol–water partition coefficient (Wildman–Crippen LogP) is -0.0859. The largest absolute Gasteiger partial charge is 0.383 e. The predicted molar refractivity (Wildman–Crippen MR) is 50.1 cm³/mol. The Bertz CT molecular complexity index is 219. The van der Waals surface area contributed by atoms with E-state index in [0.29, 0.717) is 6.42 Å². The Hall–Kier alpha value is -1.17. The summed E-state index contributed by atoms with van der Waals surface area (Å²) in [5.74, 6) is -1.16. The molecule has 1 amide bonds. The molecule has 3 N–H and O–H groups in total. The molecule has 0 aliphatic carbocycles. The van der Waals surface area contributed by atoms with Crippen molar-refractivity contribution < 1.29 is 14.8 Å². The first-order valence-electron chi connectivity index (χ1n) is 4.51. The molecule has 3 atom stereocenters. The molecule has 0 aromatic heterocycles. The number of nitro groups is 1. The van der Waals surface area contributed by atoms with Gasteiger partial charge in [0, 0.05) is 17.8 Å². The van der Waals surface area contributed by atoms with Crippen LogP contribution in [0.5, 0.6) is 0 Å². The Morgan fingerprint density at radius 2 is 2.14 bits per heavy atom. The van der Waals surface area contributed by atoms with Crippen molar-refractivity contribution in [3.05, 3.63) is 10.1 Å². The van der Waals surface area contributed by atoms with Crippen molar-refractivity contribution in [2.24, 2.45) is 11.7 Å². The van der Waals surface area contributed by atoms with Crippen molar-refractivity contribution in [1.82, 2.24) is 0 Å². The molecule has 0 fully saturated rings.